The molecular weight excluding hydrogens is 608 g/mol. The van der Waals surface area contributed by atoms with E-state index in [2.05, 4.69) is 35.6 Å². The van der Waals surface area contributed by atoms with E-state index >= 15 is 0 Å². The van der Waals surface area contributed by atoms with Crippen molar-refractivity contribution in [1.29, 1.82) is 5.26 Å². The van der Waals surface area contributed by atoms with Crippen molar-refractivity contribution in [1.82, 2.24) is 29.4 Å². The fourth-order valence-electron chi connectivity index (χ4n) is 6.40. The third-order valence-electron chi connectivity index (χ3n) is 9.15. The first-order valence-corrected chi connectivity index (χ1v) is 16.4. The number of likely N-dealkylation sites (N-methyl/N-ethyl adjacent to an activating group) is 1. The van der Waals surface area contributed by atoms with Crippen molar-refractivity contribution >= 4 is 34.1 Å². The third kappa shape index (κ3) is 6.82. The summed E-state index contributed by atoms with van der Waals surface area (Å²) in [4.78, 5) is 41.1. The Hall–Kier alpha value is -5.02. The van der Waals surface area contributed by atoms with Crippen molar-refractivity contribution in [2.75, 3.05) is 44.7 Å². The number of anilines is 1. The van der Waals surface area contributed by atoms with Gasteiger partial charge < -0.3 is 24.2 Å². The Kier molecular flexibility index (Phi) is 9.33. The van der Waals surface area contributed by atoms with Crippen LogP contribution in [0.15, 0.2) is 55.3 Å². The van der Waals surface area contributed by atoms with Gasteiger partial charge in [-0.1, -0.05) is 30.8 Å². The molecule has 4 aromatic rings. The SMILES string of the molecule is C=CC(=O)N1CCN(c2nc(OCC3CCCN3C)nn3c(Cc4cc(OC(=O)C(C)(C)C)cc5ccccc45)cnc23)CC1CC#N. The Morgan fingerprint density at radius 3 is 2.69 bits per heavy atom. The number of likely N-dealkylation sites (tertiary alicyclic amines) is 1. The van der Waals surface area contributed by atoms with E-state index in [9.17, 15) is 14.9 Å². The first-order valence-electron chi connectivity index (χ1n) is 16.4. The summed E-state index contributed by atoms with van der Waals surface area (Å²) in [6.45, 7) is 11.9. The van der Waals surface area contributed by atoms with Crippen LogP contribution >= 0.6 is 0 Å². The summed E-state index contributed by atoms with van der Waals surface area (Å²) in [6.07, 6.45) is 5.86. The first kappa shape index (κ1) is 32.9. The van der Waals surface area contributed by atoms with Crippen molar-refractivity contribution in [3.8, 4) is 17.8 Å². The van der Waals surface area contributed by atoms with E-state index in [0.29, 0.717) is 49.9 Å². The Morgan fingerprint density at radius 2 is 1.96 bits per heavy atom. The van der Waals surface area contributed by atoms with Gasteiger partial charge in [-0.2, -0.15) is 10.2 Å². The number of nitriles is 1. The molecule has 2 atom stereocenters. The highest BCUT2D eigenvalue weighted by Gasteiger charge is 2.32. The lowest BCUT2D eigenvalue weighted by Gasteiger charge is -2.40. The van der Waals surface area contributed by atoms with Gasteiger partial charge >= 0.3 is 12.0 Å². The molecule has 0 radical (unpaired) electrons. The molecule has 0 saturated carbocycles. The summed E-state index contributed by atoms with van der Waals surface area (Å²) < 4.78 is 13.9. The number of carbonyl (C=O) groups excluding carboxylic acids is 2. The second kappa shape index (κ2) is 13.6. The molecule has 2 fully saturated rings. The van der Waals surface area contributed by atoms with Gasteiger partial charge in [-0.3, -0.25) is 9.59 Å². The molecular formula is C36H42N8O4. The molecule has 12 heteroatoms. The van der Waals surface area contributed by atoms with Crippen molar-refractivity contribution in [3.63, 3.8) is 0 Å². The molecule has 2 saturated heterocycles. The lowest BCUT2D eigenvalue weighted by molar-refractivity contribution is -0.143. The van der Waals surface area contributed by atoms with E-state index < -0.39 is 5.41 Å². The summed E-state index contributed by atoms with van der Waals surface area (Å²) in [5.41, 5.74) is 1.65. The smallest absolute Gasteiger partial charge is 0.336 e. The van der Waals surface area contributed by atoms with Gasteiger partial charge in [0.2, 0.25) is 5.91 Å². The Balaban J connectivity index is 1.39. The Bertz CT molecular complexity index is 1890. The second-order valence-electron chi connectivity index (χ2n) is 13.6. The number of piperazine rings is 1. The molecule has 4 heterocycles. The van der Waals surface area contributed by atoms with Gasteiger partial charge in [0.05, 0.1) is 35.8 Å². The van der Waals surface area contributed by atoms with Crippen LogP contribution in [0.1, 0.15) is 51.3 Å². The van der Waals surface area contributed by atoms with Crippen molar-refractivity contribution < 1.29 is 19.1 Å². The van der Waals surface area contributed by atoms with E-state index in [4.69, 9.17) is 24.5 Å². The molecule has 6 rings (SSSR count). The zero-order chi connectivity index (χ0) is 34.0. The number of imidazole rings is 1. The molecule has 2 aromatic heterocycles. The highest BCUT2D eigenvalue weighted by Crippen LogP contribution is 2.31. The predicted molar refractivity (Wildman–Crippen MR) is 182 cm³/mol. The highest BCUT2D eigenvalue weighted by atomic mass is 16.5. The van der Waals surface area contributed by atoms with Gasteiger partial charge in [-0.15, -0.1) is 5.10 Å². The first-order chi connectivity index (χ1) is 23.0. The molecule has 2 aromatic carbocycles. The van der Waals surface area contributed by atoms with Crippen LogP contribution < -0.4 is 14.4 Å². The molecule has 0 spiro atoms. The van der Waals surface area contributed by atoms with Crippen molar-refractivity contribution in [2.45, 2.75) is 58.5 Å². The monoisotopic (exact) mass is 650 g/mol. The van der Waals surface area contributed by atoms with Crippen molar-refractivity contribution in [3.05, 3.63) is 66.5 Å². The van der Waals surface area contributed by atoms with Crippen LogP contribution in [0.2, 0.25) is 0 Å². The zero-order valence-electron chi connectivity index (χ0n) is 28.1. The number of carbonyl (C=O) groups is 2. The quantitative estimate of drug-likeness (QED) is 0.146. The van der Waals surface area contributed by atoms with Crippen molar-refractivity contribution in [2.24, 2.45) is 5.41 Å². The molecule has 0 bridgehead atoms. The highest BCUT2D eigenvalue weighted by molar-refractivity contribution is 5.89. The summed E-state index contributed by atoms with van der Waals surface area (Å²) in [7, 11) is 2.10. The van der Waals surface area contributed by atoms with Crippen LogP contribution in [0.25, 0.3) is 16.4 Å². The fraction of sp³-hybridized carbons (Fsp3) is 0.444. The standard InChI is InChI=1S/C36H42N8O4/c1-6-31(45)43-17-16-42(22-26(43)13-14-37)33-32-38-21-28(44(32)40-35(39-33)47-23-27-11-9-15-41(27)5)18-25-20-29(48-34(46)36(2,3)4)19-24-10-7-8-12-30(24)25/h6-8,10,12,19-21,26-27H,1,9,11,13,15-18,22-23H2,2-5H3. The maximum absolute atomic E-state index is 12.8. The average Bonchev–Trinajstić information content (AvgIpc) is 3.67. The van der Waals surface area contributed by atoms with Crippen LogP contribution in [0.3, 0.4) is 0 Å². The molecule has 0 aliphatic carbocycles. The number of esters is 1. The van der Waals surface area contributed by atoms with E-state index in [1.165, 1.54) is 6.08 Å². The van der Waals surface area contributed by atoms with Crippen LogP contribution in [0.5, 0.6) is 11.8 Å². The lowest BCUT2D eigenvalue weighted by atomic mass is 9.97. The number of amides is 1. The number of fused-ring (bicyclic) bond motifs is 2. The minimum atomic E-state index is -0.652. The Morgan fingerprint density at radius 1 is 1.15 bits per heavy atom. The lowest BCUT2D eigenvalue weighted by Crippen LogP contribution is -2.55. The van der Waals surface area contributed by atoms with Gasteiger partial charge in [0.15, 0.2) is 11.5 Å². The normalized spacial score (nSPS) is 18.6. The molecule has 1 amide bonds. The second-order valence-corrected chi connectivity index (χ2v) is 13.6. The molecule has 2 aliphatic rings. The zero-order valence-corrected chi connectivity index (χ0v) is 28.1. The van der Waals surface area contributed by atoms with Gasteiger partial charge in [-0.05, 0) is 81.7 Å². The number of hydrogen-bond donors (Lipinski definition) is 0. The molecule has 48 heavy (non-hydrogen) atoms. The number of ether oxygens (including phenoxy) is 2. The molecule has 2 aliphatic heterocycles. The van der Waals surface area contributed by atoms with E-state index in [1.807, 2.05) is 51.1 Å². The number of rotatable bonds is 9. The van der Waals surface area contributed by atoms with Gasteiger partial charge in [0, 0.05) is 32.1 Å². The van der Waals surface area contributed by atoms with E-state index in [-0.39, 0.29) is 36.4 Å². The summed E-state index contributed by atoms with van der Waals surface area (Å²) >= 11 is 0. The fourth-order valence-corrected chi connectivity index (χ4v) is 6.40. The number of hydrogen-bond acceptors (Lipinski definition) is 10. The number of benzene rings is 2. The van der Waals surface area contributed by atoms with E-state index in [1.54, 1.807) is 15.6 Å². The average molecular weight is 651 g/mol. The maximum atomic E-state index is 12.8. The van der Waals surface area contributed by atoms with Crippen LogP contribution in [0.4, 0.5) is 5.82 Å². The van der Waals surface area contributed by atoms with Gasteiger partial charge in [-0.25, -0.2) is 9.50 Å². The summed E-state index contributed by atoms with van der Waals surface area (Å²) in [5.74, 6) is 0.554. The number of nitrogens with zero attached hydrogens (tertiary/aromatic N) is 8. The minimum Gasteiger partial charge on any atom is -0.461 e. The van der Waals surface area contributed by atoms with Crippen LogP contribution in [-0.4, -0.2) is 93.2 Å². The van der Waals surface area contributed by atoms with Crippen LogP contribution in [-0.2, 0) is 16.0 Å². The summed E-state index contributed by atoms with van der Waals surface area (Å²) in [6, 6.07) is 14.2. The topological polar surface area (TPSA) is 129 Å². The molecule has 0 N–H and O–H groups in total. The summed E-state index contributed by atoms with van der Waals surface area (Å²) in [5, 5.41) is 16.4. The van der Waals surface area contributed by atoms with Gasteiger partial charge in [0.1, 0.15) is 12.4 Å². The minimum absolute atomic E-state index is 0.178. The van der Waals surface area contributed by atoms with Crippen LogP contribution in [0, 0.1) is 16.7 Å². The predicted octanol–water partition coefficient (Wildman–Crippen LogP) is 4.41. The van der Waals surface area contributed by atoms with Gasteiger partial charge in [0.25, 0.3) is 0 Å². The molecule has 2 unspecified atom stereocenters. The molecule has 250 valence electrons. The Labute approximate surface area is 280 Å². The number of aromatic nitrogens is 4. The third-order valence-corrected chi connectivity index (χ3v) is 9.15. The molecule has 12 nitrogen and oxygen atoms in total. The maximum Gasteiger partial charge on any atom is 0.336 e. The van der Waals surface area contributed by atoms with E-state index in [0.717, 1.165) is 41.4 Å². The largest absolute Gasteiger partial charge is 0.461 e.